The van der Waals surface area contributed by atoms with Crippen molar-refractivity contribution in [2.75, 3.05) is 11.1 Å². The van der Waals surface area contributed by atoms with Gasteiger partial charge < -0.3 is 5.32 Å². The monoisotopic (exact) mass is 357 g/mol. The highest BCUT2D eigenvalue weighted by atomic mass is 32.2. The molecule has 2 heterocycles. The molecule has 5 nitrogen and oxygen atoms in total. The number of amides is 1. The van der Waals surface area contributed by atoms with Gasteiger partial charge in [0.1, 0.15) is 0 Å². The number of aromatic nitrogens is 2. The van der Waals surface area contributed by atoms with Crippen molar-refractivity contribution in [2.45, 2.75) is 50.7 Å². The smallest absolute Gasteiger partial charge is 0.254 e. The molecule has 0 aliphatic carbocycles. The van der Waals surface area contributed by atoms with Gasteiger partial charge in [-0.25, -0.2) is 4.98 Å². The van der Waals surface area contributed by atoms with Crippen LogP contribution >= 0.6 is 11.8 Å². The van der Waals surface area contributed by atoms with Gasteiger partial charge in [-0.1, -0.05) is 50.2 Å². The molecule has 2 aromatic rings. The second kappa shape index (κ2) is 7.87. The Morgan fingerprint density at radius 3 is 2.92 bits per heavy atom. The van der Waals surface area contributed by atoms with E-state index in [1.165, 1.54) is 0 Å². The fraction of sp³-hybridized carbons (Fsp3) is 0.421. The zero-order valence-corrected chi connectivity index (χ0v) is 15.4. The number of hydrogen-bond donors (Lipinski definition) is 1. The first-order chi connectivity index (χ1) is 12.1. The molecule has 3 rings (SSSR count). The summed E-state index contributed by atoms with van der Waals surface area (Å²) in [4.78, 5) is 29.5. The van der Waals surface area contributed by atoms with Gasteiger partial charge in [0.2, 0.25) is 5.91 Å². The van der Waals surface area contributed by atoms with Crippen LogP contribution in [-0.2, 0) is 17.6 Å². The minimum absolute atomic E-state index is 0.0507. The van der Waals surface area contributed by atoms with Crippen molar-refractivity contribution in [3.8, 4) is 0 Å². The molecule has 0 bridgehead atoms. The number of carbonyl (C=O) groups excluding carboxylic acids is 1. The van der Waals surface area contributed by atoms with Crippen LogP contribution in [0.2, 0.25) is 0 Å². The Morgan fingerprint density at radius 2 is 2.16 bits per heavy atom. The van der Waals surface area contributed by atoms with Crippen molar-refractivity contribution in [2.24, 2.45) is 0 Å². The molecule has 1 aromatic carbocycles. The first-order valence-corrected chi connectivity index (χ1v) is 9.74. The van der Waals surface area contributed by atoms with Gasteiger partial charge in [0, 0.05) is 29.6 Å². The molecule has 1 amide bonds. The highest BCUT2D eigenvalue weighted by molar-refractivity contribution is 7.99. The average Bonchev–Trinajstić information content (AvgIpc) is 2.98. The molecule has 0 fully saturated rings. The standard InChI is InChI=1S/C19H23N3O2S/c1-3-7-14-10-18(24)22-15(12-25-19(22)20-14)11-17(23)21-16-9-6-5-8-13(16)4-2/h5-6,8-10,15H,3-4,7,11-12H2,1-2H3,(H,21,23). The fourth-order valence-corrected chi connectivity index (χ4v) is 4.27. The van der Waals surface area contributed by atoms with Gasteiger partial charge in [-0.05, 0) is 24.5 Å². The van der Waals surface area contributed by atoms with E-state index in [1.807, 2.05) is 24.3 Å². The van der Waals surface area contributed by atoms with Crippen LogP contribution in [0.4, 0.5) is 5.69 Å². The molecule has 0 spiro atoms. The average molecular weight is 357 g/mol. The van der Waals surface area contributed by atoms with E-state index in [0.29, 0.717) is 5.75 Å². The van der Waals surface area contributed by atoms with Gasteiger partial charge in [0.15, 0.2) is 5.16 Å². The van der Waals surface area contributed by atoms with Crippen LogP contribution in [0.5, 0.6) is 0 Å². The number of thioether (sulfide) groups is 1. The Hall–Kier alpha value is -2.08. The number of nitrogens with zero attached hydrogens (tertiary/aromatic N) is 2. The Labute approximate surface area is 151 Å². The number of anilines is 1. The summed E-state index contributed by atoms with van der Waals surface area (Å²) in [6.45, 7) is 4.13. The van der Waals surface area contributed by atoms with Crippen molar-refractivity contribution < 1.29 is 4.79 Å². The summed E-state index contributed by atoms with van der Waals surface area (Å²) in [6.07, 6.45) is 2.92. The number of rotatable bonds is 6. The zero-order valence-electron chi connectivity index (χ0n) is 14.6. The molecule has 1 unspecified atom stereocenters. The van der Waals surface area contributed by atoms with Crippen molar-refractivity contribution in [3.63, 3.8) is 0 Å². The van der Waals surface area contributed by atoms with Crippen molar-refractivity contribution >= 4 is 23.4 Å². The minimum Gasteiger partial charge on any atom is -0.326 e. The topological polar surface area (TPSA) is 64.0 Å². The van der Waals surface area contributed by atoms with E-state index in [4.69, 9.17) is 0 Å². The van der Waals surface area contributed by atoms with Gasteiger partial charge in [0.25, 0.3) is 5.56 Å². The number of fused-ring (bicyclic) bond motifs is 1. The quantitative estimate of drug-likeness (QED) is 0.805. The fourth-order valence-electron chi connectivity index (χ4n) is 3.10. The lowest BCUT2D eigenvalue weighted by Crippen LogP contribution is -2.28. The molecule has 0 saturated heterocycles. The second-order valence-corrected chi connectivity index (χ2v) is 7.20. The molecule has 1 aromatic heterocycles. The molecule has 6 heteroatoms. The number of nitrogens with one attached hydrogen (secondary N) is 1. The third-order valence-electron chi connectivity index (χ3n) is 4.34. The maximum absolute atomic E-state index is 12.5. The highest BCUT2D eigenvalue weighted by Crippen LogP contribution is 2.32. The molecule has 0 saturated carbocycles. The number of aryl methyl sites for hydroxylation is 2. The van der Waals surface area contributed by atoms with Gasteiger partial charge in [-0.3, -0.25) is 14.2 Å². The van der Waals surface area contributed by atoms with Crippen LogP contribution in [0.25, 0.3) is 0 Å². The van der Waals surface area contributed by atoms with E-state index in [0.717, 1.165) is 41.4 Å². The molecule has 1 aliphatic heterocycles. The second-order valence-electron chi connectivity index (χ2n) is 6.22. The third-order valence-corrected chi connectivity index (χ3v) is 5.44. The summed E-state index contributed by atoms with van der Waals surface area (Å²) in [5, 5.41) is 3.72. The van der Waals surface area contributed by atoms with E-state index in [2.05, 4.69) is 24.1 Å². The molecule has 132 valence electrons. The minimum atomic E-state index is -0.135. The Kier molecular flexibility index (Phi) is 5.58. The van der Waals surface area contributed by atoms with Crippen LogP contribution in [0, 0.1) is 0 Å². The lowest BCUT2D eigenvalue weighted by atomic mass is 10.1. The van der Waals surface area contributed by atoms with Gasteiger partial charge in [-0.15, -0.1) is 0 Å². The lowest BCUT2D eigenvalue weighted by Gasteiger charge is -2.15. The molecule has 1 N–H and O–H groups in total. The van der Waals surface area contributed by atoms with E-state index >= 15 is 0 Å². The SMILES string of the molecule is CCCc1cc(=O)n2c(n1)SCC2CC(=O)Nc1ccccc1CC. The van der Waals surface area contributed by atoms with E-state index < -0.39 is 0 Å². The van der Waals surface area contributed by atoms with Crippen LogP contribution in [0.1, 0.15) is 44.0 Å². The molecular formula is C19H23N3O2S. The maximum Gasteiger partial charge on any atom is 0.254 e. The Morgan fingerprint density at radius 1 is 1.36 bits per heavy atom. The van der Waals surface area contributed by atoms with Crippen molar-refractivity contribution in [1.29, 1.82) is 0 Å². The predicted octanol–water partition coefficient (Wildman–Crippen LogP) is 3.43. The van der Waals surface area contributed by atoms with Gasteiger partial charge in [-0.2, -0.15) is 0 Å². The predicted molar refractivity (Wildman–Crippen MR) is 101 cm³/mol. The summed E-state index contributed by atoms with van der Waals surface area (Å²) >= 11 is 1.56. The zero-order chi connectivity index (χ0) is 17.8. The summed E-state index contributed by atoms with van der Waals surface area (Å²) < 4.78 is 1.68. The molecular weight excluding hydrogens is 334 g/mol. The Bertz CT molecular complexity index is 832. The lowest BCUT2D eigenvalue weighted by molar-refractivity contribution is -0.116. The number of hydrogen-bond acceptors (Lipinski definition) is 4. The largest absolute Gasteiger partial charge is 0.326 e. The van der Waals surface area contributed by atoms with E-state index in [-0.39, 0.29) is 23.9 Å². The van der Waals surface area contributed by atoms with Crippen LogP contribution < -0.4 is 10.9 Å². The molecule has 1 atom stereocenters. The number of carbonyl (C=O) groups is 1. The third kappa shape index (κ3) is 3.95. The summed E-state index contributed by atoms with van der Waals surface area (Å²) in [5.41, 5.74) is 2.75. The van der Waals surface area contributed by atoms with Gasteiger partial charge in [0.05, 0.1) is 6.04 Å². The summed E-state index contributed by atoms with van der Waals surface area (Å²) in [5.74, 6) is 0.643. The highest BCUT2D eigenvalue weighted by Gasteiger charge is 2.27. The maximum atomic E-state index is 12.5. The van der Waals surface area contributed by atoms with E-state index in [9.17, 15) is 9.59 Å². The summed E-state index contributed by atoms with van der Waals surface area (Å²) in [7, 11) is 0. The van der Waals surface area contributed by atoms with Crippen LogP contribution in [0.3, 0.4) is 0 Å². The van der Waals surface area contributed by atoms with E-state index in [1.54, 1.807) is 22.4 Å². The number of para-hydroxylation sites is 1. The molecule has 0 radical (unpaired) electrons. The number of benzene rings is 1. The molecule has 25 heavy (non-hydrogen) atoms. The van der Waals surface area contributed by atoms with Crippen LogP contribution in [0.15, 0.2) is 40.3 Å². The first-order valence-electron chi connectivity index (χ1n) is 8.75. The van der Waals surface area contributed by atoms with Crippen LogP contribution in [-0.4, -0.2) is 21.2 Å². The van der Waals surface area contributed by atoms with Gasteiger partial charge >= 0.3 is 0 Å². The summed E-state index contributed by atoms with van der Waals surface area (Å²) in [6, 6.07) is 9.29. The van der Waals surface area contributed by atoms with Crippen molar-refractivity contribution in [3.05, 3.63) is 51.9 Å². The molecule has 1 aliphatic rings. The van der Waals surface area contributed by atoms with Crippen molar-refractivity contribution in [1.82, 2.24) is 9.55 Å². The normalized spacial score (nSPS) is 15.8. The first kappa shape index (κ1) is 17.7. The Balaban J connectivity index is 1.73.